The van der Waals surface area contributed by atoms with Crippen molar-refractivity contribution in [2.45, 2.75) is 57.5 Å². The maximum Gasteiger partial charge on any atom is 0.407 e. The van der Waals surface area contributed by atoms with Gasteiger partial charge < -0.3 is 20.5 Å². The minimum Gasteiger partial charge on any atom is -0.480 e. The van der Waals surface area contributed by atoms with Gasteiger partial charge in [-0.1, -0.05) is 68.0 Å². The molecule has 0 spiro atoms. The summed E-state index contributed by atoms with van der Waals surface area (Å²) in [5.41, 5.74) is 4.70. The second-order valence-electron chi connectivity index (χ2n) is 9.13. The number of benzene rings is 2. The Morgan fingerprint density at radius 3 is 2.17 bits per heavy atom. The lowest BCUT2D eigenvalue weighted by Gasteiger charge is -2.19. The van der Waals surface area contributed by atoms with Gasteiger partial charge in [-0.25, -0.2) is 9.59 Å². The summed E-state index contributed by atoms with van der Waals surface area (Å²) in [7, 11) is 0. The summed E-state index contributed by atoms with van der Waals surface area (Å²) >= 11 is 0. The number of alkyl carbamates (subject to hydrolysis) is 1. The molecule has 2 aromatic rings. The molecule has 3 atom stereocenters. The molecule has 3 N–H and O–H groups in total. The normalized spacial score (nSPS) is 14.7. The summed E-state index contributed by atoms with van der Waals surface area (Å²) in [4.78, 5) is 35.9. The van der Waals surface area contributed by atoms with E-state index in [0.717, 1.165) is 0 Å². The Balaban J connectivity index is 1.42. The zero-order chi connectivity index (χ0) is 25.4. The topological polar surface area (TPSA) is 105 Å². The summed E-state index contributed by atoms with van der Waals surface area (Å²) in [5, 5.41) is 14.6. The highest BCUT2D eigenvalue weighted by Crippen LogP contribution is 2.44. The molecule has 3 unspecified atom stereocenters. The molecule has 0 bridgehead atoms. The molecule has 7 nitrogen and oxygen atoms in total. The van der Waals surface area contributed by atoms with Gasteiger partial charge in [0.2, 0.25) is 5.91 Å². The first-order chi connectivity index (χ1) is 16.8. The molecule has 0 aliphatic heterocycles. The van der Waals surface area contributed by atoms with Gasteiger partial charge >= 0.3 is 12.1 Å². The molecule has 35 heavy (non-hydrogen) atoms. The maximum atomic E-state index is 12.4. The Morgan fingerprint density at radius 1 is 1.00 bits per heavy atom. The first kappa shape index (κ1) is 26.0. The SMILES string of the molecule is C=CCC(NC(=O)C(C)CCCC(C)NC(=O)OCC1c2ccccc2-c2ccccc21)C(=O)O. The molecule has 0 aromatic heterocycles. The van der Waals surface area contributed by atoms with E-state index < -0.39 is 18.1 Å². The first-order valence-corrected chi connectivity index (χ1v) is 12.1. The van der Waals surface area contributed by atoms with Crippen molar-refractivity contribution in [3.05, 3.63) is 72.3 Å². The smallest absolute Gasteiger partial charge is 0.407 e. The summed E-state index contributed by atoms with van der Waals surface area (Å²) in [6.45, 7) is 7.46. The van der Waals surface area contributed by atoms with E-state index >= 15 is 0 Å². The molecule has 0 saturated heterocycles. The largest absolute Gasteiger partial charge is 0.480 e. The lowest BCUT2D eigenvalue weighted by molar-refractivity contribution is -0.142. The molecule has 0 fully saturated rings. The number of carboxylic acid groups (broad SMARTS) is 1. The number of aliphatic carboxylic acids is 1. The Labute approximate surface area is 206 Å². The zero-order valence-electron chi connectivity index (χ0n) is 20.3. The van der Waals surface area contributed by atoms with E-state index in [9.17, 15) is 14.4 Å². The van der Waals surface area contributed by atoms with Crippen LogP contribution in [0.3, 0.4) is 0 Å². The van der Waals surface area contributed by atoms with Gasteiger partial charge in [-0.2, -0.15) is 0 Å². The summed E-state index contributed by atoms with van der Waals surface area (Å²) < 4.78 is 5.59. The Kier molecular flexibility index (Phi) is 9.06. The predicted molar refractivity (Wildman–Crippen MR) is 135 cm³/mol. The van der Waals surface area contributed by atoms with Gasteiger partial charge in [0.05, 0.1) is 0 Å². The summed E-state index contributed by atoms with van der Waals surface area (Å²) in [6, 6.07) is 15.3. The minimum atomic E-state index is -1.08. The fourth-order valence-corrected chi connectivity index (χ4v) is 4.48. The highest BCUT2D eigenvalue weighted by molar-refractivity contribution is 5.84. The van der Waals surface area contributed by atoms with Crippen LogP contribution in [0.4, 0.5) is 4.79 Å². The van der Waals surface area contributed by atoms with Gasteiger partial charge in [0.25, 0.3) is 0 Å². The van der Waals surface area contributed by atoms with Crippen LogP contribution in [-0.4, -0.2) is 41.8 Å². The first-order valence-electron chi connectivity index (χ1n) is 12.1. The monoisotopic (exact) mass is 478 g/mol. The second kappa shape index (κ2) is 12.2. The maximum absolute atomic E-state index is 12.4. The van der Waals surface area contributed by atoms with Crippen LogP contribution < -0.4 is 10.6 Å². The number of ether oxygens (including phenoxy) is 1. The molecular formula is C28H34N2O5. The van der Waals surface area contributed by atoms with Crippen molar-refractivity contribution in [2.75, 3.05) is 6.61 Å². The average Bonchev–Trinajstić information content (AvgIpc) is 3.16. The van der Waals surface area contributed by atoms with Crippen LogP contribution >= 0.6 is 0 Å². The van der Waals surface area contributed by atoms with Crippen molar-refractivity contribution < 1.29 is 24.2 Å². The van der Waals surface area contributed by atoms with E-state index in [1.807, 2.05) is 31.2 Å². The fourth-order valence-electron chi connectivity index (χ4n) is 4.48. The molecule has 0 heterocycles. The van der Waals surface area contributed by atoms with Gasteiger partial charge in [0.15, 0.2) is 0 Å². The highest BCUT2D eigenvalue weighted by Gasteiger charge is 2.29. The van der Waals surface area contributed by atoms with Gasteiger partial charge in [0, 0.05) is 17.9 Å². The van der Waals surface area contributed by atoms with E-state index in [4.69, 9.17) is 9.84 Å². The van der Waals surface area contributed by atoms with Crippen LogP contribution in [-0.2, 0) is 14.3 Å². The van der Waals surface area contributed by atoms with Crippen LogP contribution in [0.2, 0.25) is 0 Å². The van der Waals surface area contributed by atoms with Gasteiger partial charge in [-0.05, 0) is 48.4 Å². The zero-order valence-corrected chi connectivity index (χ0v) is 20.3. The van der Waals surface area contributed by atoms with Crippen molar-refractivity contribution in [1.29, 1.82) is 0 Å². The number of carbonyl (C=O) groups excluding carboxylic acids is 2. The average molecular weight is 479 g/mol. The molecule has 0 radical (unpaired) electrons. The fraction of sp³-hybridized carbons (Fsp3) is 0.393. The number of carboxylic acids is 1. The second-order valence-corrected chi connectivity index (χ2v) is 9.13. The van der Waals surface area contributed by atoms with Crippen molar-refractivity contribution in [3.63, 3.8) is 0 Å². The van der Waals surface area contributed by atoms with Crippen molar-refractivity contribution in [2.24, 2.45) is 5.92 Å². The Morgan fingerprint density at radius 2 is 1.60 bits per heavy atom. The summed E-state index contributed by atoms with van der Waals surface area (Å²) in [6.07, 6.45) is 3.16. The van der Waals surface area contributed by atoms with Crippen molar-refractivity contribution >= 4 is 18.0 Å². The molecule has 0 saturated carbocycles. The Bertz CT molecular complexity index is 1020. The van der Waals surface area contributed by atoms with Gasteiger partial charge in [-0.15, -0.1) is 6.58 Å². The highest BCUT2D eigenvalue weighted by atomic mass is 16.5. The third-order valence-electron chi connectivity index (χ3n) is 6.45. The van der Waals surface area contributed by atoms with E-state index in [1.165, 1.54) is 28.3 Å². The molecule has 7 heteroatoms. The minimum absolute atomic E-state index is 0.0125. The van der Waals surface area contributed by atoms with E-state index in [1.54, 1.807) is 6.92 Å². The van der Waals surface area contributed by atoms with Crippen LogP contribution in [0.5, 0.6) is 0 Å². The number of hydrogen-bond donors (Lipinski definition) is 3. The van der Waals surface area contributed by atoms with E-state index in [-0.39, 0.29) is 36.8 Å². The number of carbonyl (C=O) groups is 3. The molecule has 2 aromatic carbocycles. The lowest BCUT2D eigenvalue weighted by Crippen LogP contribution is -2.42. The van der Waals surface area contributed by atoms with E-state index in [0.29, 0.717) is 19.3 Å². The van der Waals surface area contributed by atoms with Gasteiger partial charge in [-0.3, -0.25) is 4.79 Å². The van der Waals surface area contributed by atoms with Crippen molar-refractivity contribution in [1.82, 2.24) is 10.6 Å². The lowest BCUT2D eigenvalue weighted by atomic mass is 9.98. The molecule has 186 valence electrons. The number of rotatable bonds is 12. The molecule has 1 aliphatic carbocycles. The summed E-state index contributed by atoms with van der Waals surface area (Å²) in [5.74, 6) is -1.69. The van der Waals surface area contributed by atoms with E-state index in [2.05, 4.69) is 41.5 Å². The number of amides is 2. The standard InChI is InChI=1S/C28H34N2O5/c1-4-10-25(27(32)33)30-26(31)18(2)11-9-12-19(3)29-28(34)35-17-24-22-15-7-5-13-20(22)21-14-6-8-16-23(21)24/h4-8,13-16,18-19,24-25H,1,9-12,17H2,2-3H3,(H,29,34)(H,30,31)(H,32,33). The van der Waals surface area contributed by atoms with Crippen LogP contribution in [0.15, 0.2) is 61.2 Å². The predicted octanol–water partition coefficient (Wildman–Crippen LogP) is 4.87. The molecule has 1 aliphatic rings. The molecular weight excluding hydrogens is 444 g/mol. The van der Waals surface area contributed by atoms with Gasteiger partial charge in [0.1, 0.15) is 12.6 Å². The third kappa shape index (κ3) is 6.72. The number of fused-ring (bicyclic) bond motifs is 3. The van der Waals surface area contributed by atoms with Crippen LogP contribution in [0.25, 0.3) is 11.1 Å². The number of nitrogens with one attached hydrogen (secondary N) is 2. The molecule has 2 amide bonds. The van der Waals surface area contributed by atoms with Crippen LogP contribution in [0.1, 0.15) is 56.6 Å². The number of hydrogen-bond acceptors (Lipinski definition) is 4. The molecule has 3 rings (SSSR count). The quantitative estimate of drug-likeness (QED) is 0.378. The van der Waals surface area contributed by atoms with Crippen molar-refractivity contribution in [3.8, 4) is 11.1 Å². The third-order valence-corrected chi connectivity index (χ3v) is 6.45. The Hall–Kier alpha value is -3.61. The van der Waals surface area contributed by atoms with Crippen LogP contribution in [0, 0.1) is 5.92 Å².